The molecular formula is C25H20BrN3O3. The van der Waals surface area contributed by atoms with Crippen LogP contribution in [0.3, 0.4) is 0 Å². The Morgan fingerprint density at radius 1 is 0.969 bits per heavy atom. The Labute approximate surface area is 194 Å². The van der Waals surface area contributed by atoms with Crippen molar-refractivity contribution in [2.24, 2.45) is 0 Å². The predicted octanol–water partition coefficient (Wildman–Crippen LogP) is 5.64. The van der Waals surface area contributed by atoms with Gasteiger partial charge in [-0.2, -0.15) is 4.98 Å². The van der Waals surface area contributed by atoms with Gasteiger partial charge in [0.25, 0.3) is 5.91 Å². The number of methoxy groups -OCH3 is 1. The van der Waals surface area contributed by atoms with Gasteiger partial charge in [-0.25, -0.2) is 4.98 Å². The Kier molecular flexibility index (Phi) is 6.77. The molecule has 1 heterocycles. The lowest BCUT2D eigenvalue weighted by atomic mass is 10.1. The Morgan fingerprint density at radius 3 is 2.56 bits per heavy atom. The molecule has 0 aliphatic rings. The molecule has 1 aromatic heterocycles. The van der Waals surface area contributed by atoms with Crippen LogP contribution in [0, 0.1) is 0 Å². The molecule has 4 rings (SSSR count). The van der Waals surface area contributed by atoms with Gasteiger partial charge < -0.3 is 14.8 Å². The average molecular weight is 490 g/mol. The fourth-order valence-corrected chi connectivity index (χ4v) is 3.27. The summed E-state index contributed by atoms with van der Waals surface area (Å²) in [6.07, 6.45) is 1.62. The Bertz CT molecular complexity index is 1230. The van der Waals surface area contributed by atoms with E-state index in [9.17, 15) is 4.79 Å². The summed E-state index contributed by atoms with van der Waals surface area (Å²) >= 11 is 3.41. The molecule has 0 fully saturated rings. The zero-order valence-electron chi connectivity index (χ0n) is 17.3. The van der Waals surface area contributed by atoms with Crippen molar-refractivity contribution >= 4 is 21.8 Å². The first kappa shape index (κ1) is 21.5. The Hall–Kier alpha value is -3.71. The van der Waals surface area contributed by atoms with Crippen molar-refractivity contribution in [3.8, 4) is 28.8 Å². The van der Waals surface area contributed by atoms with Crippen molar-refractivity contribution in [2.45, 2.75) is 6.54 Å². The number of amides is 1. The summed E-state index contributed by atoms with van der Waals surface area (Å²) in [5.74, 6) is 1.99. The van der Waals surface area contributed by atoms with Gasteiger partial charge in [-0.15, -0.1) is 0 Å². The molecule has 0 saturated heterocycles. The molecule has 0 aliphatic heterocycles. The summed E-state index contributed by atoms with van der Waals surface area (Å²) in [6, 6.07) is 24.0. The van der Waals surface area contributed by atoms with Gasteiger partial charge in [0.05, 0.1) is 7.11 Å². The van der Waals surface area contributed by atoms with Crippen LogP contribution in [0.2, 0.25) is 0 Å². The van der Waals surface area contributed by atoms with E-state index in [1.807, 2.05) is 54.6 Å². The maximum Gasteiger partial charge on any atom is 0.251 e. The molecule has 0 bridgehead atoms. The fourth-order valence-electron chi connectivity index (χ4n) is 3.01. The van der Waals surface area contributed by atoms with Gasteiger partial charge in [0.2, 0.25) is 5.88 Å². The van der Waals surface area contributed by atoms with E-state index in [0.29, 0.717) is 35.3 Å². The summed E-state index contributed by atoms with van der Waals surface area (Å²) < 4.78 is 12.1. The number of hydrogen-bond donors (Lipinski definition) is 1. The SMILES string of the molecule is COc1cccc(Oc2ccnc(-c3cccc(C(=O)NCc4ccc(Br)cc4)c3)n2)c1. The van der Waals surface area contributed by atoms with E-state index in [0.717, 1.165) is 15.6 Å². The third-order valence-corrected chi connectivity index (χ3v) is 5.17. The minimum atomic E-state index is -0.168. The number of carbonyl (C=O) groups excluding carboxylic acids is 1. The van der Waals surface area contributed by atoms with Crippen molar-refractivity contribution in [3.63, 3.8) is 0 Å². The van der Waals surface area contributed by atoms with Gasteiger partial charge in [0, 0.05) is 40.5 Å². The summed E-state index contributed by atoms with van der Waals surface area (Å²) in [7, 11) is 1.60. The minimum Gasteiger partial charge on any atom is -0.497 e. The highest BCUT2D eigenvalue weighted by Gasteiger charge is 2.10. The molecule has 32 heavy (non-hydrogen) atoms. The molecule has 0 aliphatic carbocycles. The first-order chi connectivity index (χ1) is 15.6. The molecule has 0 unspecified atom stereocenters. The van der Waals surface area contributed by atoms with Crippen molar-refractivity contribution in [1.29, 1.82) is 0 Å². The Balaban J connectivity index is 1.48. The van der Waals surface area contributed by atoms with Crippen LogP contribution in [0.25, 0.3) is 11.4 Å². The number of nitrogens with zero attached hydrogens (tertiary/aromatic N) is 2. The van der Waals surface area contributed by atoms with Crippen LogP contribution in [-0.2, 0) is 6.54 Å². The molecule has 0 radical (unpaired) electrons. The Morgan fingerprint density at radius 2 is 1.75 bits per heavy atom. The van der Waals surface area contributed by atoms with Gasteiger partial charge in [-0.05, 0) is 42.0 Å². The van der Waals surface area contributed by atoms with Crippen molar-refractivity contribution in [3.05, 3.63) is 101 Å². The molecule has 0 spiro atoms. The molecule has 1 N–H and O–H groups in total. The highest BCUT2D eigenvalue weighted by molar-refractivity contribution is 9.10. The minimum absolute atomic E-state index is 0.168. The molecule has 1 amide bonds. The summed E-state index contributed by atoms with van der Waals surface area (Å²) in [6.45, 7) is 0.441. The van der Waals surface area contributed by atoms with Crippen LogP contribution in [0.4, 0.5) is 0 Å². The second kappa shape index (κ2) is 10.1. The largest absolute Gasteiger partial charge is 0.497 e. The van der Waals surface area contributed by atoms with E-state index in [1.165, 1.54) is 0 Å². The quantitative estimate of drug-likeness (QED) is 0.363. The maximum absolute atomic E-state index is 12.6. The lowest BCUT2D eigenvalue weighted by Gasteiger charge is -2.09. The second-order valence-electron chi connectivity index (χ2n) is 6.89. The lowest BCUT2D eigenvalue weighted by molar-refractivity contribution is 0.0951. The van der Waals surface area contributed by atoms with Crippen LogP contribution in [0.5, 0.6) is 17.4 Å². The number of carbonyl (C=O) groups is 1. The standard InChI is InChI=1S/C25H20BrN3O3/c1-31-21-6-3-7-22(15-21)32-23-12-13-27-24(29-23)18-4-2-5-19(14-18)25(30)28-16-17-8-10-20(26)11-9-17/h2-15H,16H2,1H3,(H,28,30). The van der Waals surface area contributed by atoms with Crippen LogP contribution in [0.15, 0.2) is 89.5 Å². The highest BCUT2D eigenvalue weighted by atomic mass is 79.9. The van der Waals surface area contributed by atoms with Crippen LogP contribution >= 0.6 is 15.9 Å². The van der Waals surface area contributed by atoms with E-state index in [4.69, 9.17) is 9.47 Å². The molecule has 160 valence electrons. The van der Waals surface area contributed by atoms with E-state index < -0.39 is 0 Å². The van der Waals surface area contributed by atoms with Gasteiger partial charge in [0.1, 0.15) is 11.5 Å². The van der Waals surface area contributed by atoms with Crippen molar-refractivity contribution < 1.29 is 14.3 Å². The van der Waals surface area contributed by atoms with E-state index in [2.05, 4.69) is 31.2 Å². The zero-order chi connectivity index (χ0) is 22.3. The van der Waals surface area contributed by atoms with Gasteiger partial charge in [0.15, 0.2) is 5.82 Å². The number of rotatable bonds is 7. The normalized spacial score (nSPS) is 10.4. The maximum atomic E-state index is 12.6. The van der Waals surface area contributed by atoms with E-state index >= 15 is 0 Å². The van der Waals surface area contributed by atoms with Crippen molar-refractivity contribution in [1.82, 2.24) is 15.3 Å². The number of aromatic nitrogens is 2. The topological polar surface area (TPSA) is 73.3 Å². The molecule has 6 nitrogen and oxygen atoms in total. The molecular weight excluding hydrogens is 470 g/mol. The lowest BCUT2D eigenvalue weighted by Crippen LogP contribution is -2.22. The van der Waals surface area contributed by atoms with Crippen molar-refractivity contribution in [2.75, 3.05) is 7.11 Å². The zero-order valence-corrected chi connectivity index (χ0v) is 18.9. The molecule has 4 aromatic rings. The number of nitrogens with one attached hydrogen (secondary N) is 1. The van der Waals surface area contributed by atoms with Gasteiger partial charge in [-0.1, -0.05) is 46.3 Å². The number of hydrogen-bond acceptors (Lipinski definition) is 5. The monoisotopic (exact) mass is 489 g/mol. The molecule has 0 atom stereocenters. The van der Waals surface area contributed by atoms with E-state index in [1.54, 1.807) is 37.6 Å². The molecule has 0 saturated carbocycles. The summed E-state index contributed by atoms with van der Waals surface area (Å²) in [5.41, 5.74) is 2.27. The van der Waals surface area contributed by atoms with E-state index in [-0.39, 0.29) is 5.91 Å². The van der Waals surface area contributed by atoms with Crippen LogP contribution in [0.1, 0.15) is 15.9 Å². The third-order valence-electron chi connectivity index (χ3n) is 4.64. The smallest absolute Gasteiger partial charge is 0.251 e. The summed E-state index contributed by atoms with van der Waals surface area (Å²) in [5, 5.41) is 2.94. The van der Waals surface area contributed by atoms with Crippen LogP contribution < -0.4 is 14.8 Å². The fraction of sp³-hybridized carbons (Fsp3) is 0.0800. The second-order valence-corrected chi connectivity index (χ2v) is 7.81. The first-order valence-electron chi connectivity index (χ1n) is 9.89. The highest BCUT2D eigenvalue weighted by Crippen LogP contribution is 2.25. The third kappa shape index (κ3) is 5.50. The number of ether oxygens (including phenoxy) is 2. The predicted molar refractivity (Wildman–Crippen MR) is 126 cm³/mol. The average Bonchev–Trinajstić information content (AvgIpc) is 2.84. The number of benzene rings is 3. The van der Waals surface area contributed by atoms with Gasteiger partial charge in [-0.3, -0.25) is 4.79 Å². The van der Waals surface area contributed by atoms with Crippen LogP contribution in [-0.4, -0.2) is 23.0 Å². The molecule has 7 heteroatoms. The summed E-state index contributed by atoms with van der Waals surface area (Å²) in [4.78, 5) is 21.5. The number of halogens is 1. The molecule has 3 aromatic carbocycles. The first-order valence-corrected chi connectivity index (χ1v) is 10.7. The van der Waals surface area contributed by atoms with Gasteiger partial charge >= 0.3 is 0 Å².